The van der Waals surface area contributed by atoms with Gasteiger partial charge in [-0.2, -0.15) is 0 Å². The zero-order valence-corrected chi connectivity index (χ0v) is 14.3. The van der Waals surface area contributed by atoms with Crippen molar-refractivity contribution in [2.75, 3.05) is 6.54 Å². The van der Waals surface area contributed by atoms with Crippen molar-refractivity contribution in [3.8, 4) is 0 Å². The van der Waals surface area contributed by atoms with E-state index in [4.69, 9.17) is 0 Å². The number of rotatable bonds is 4. The number of pyridine rings is 1. The SMILES string of the molecule is Cc1cc(C)c(CN2CCC[C@H]2c2ccccn2)c(C)c1CO. The maximum Gasteiger partial charge on any atom is 0.0687 e. The van der Waals surface area contributed by atoms with Crippen LogP contribution in [0.5, 0.6) is 0 Å². The molecule has 0 amide bonds. The normalized spacial score (nSPS) is 18.5. The summed E-state index contributed by atoms with van der Waals surface area (Å²) in [5.74, 6) is 0. The van der Waals surface area contributed by atoms with E-state index in [1.165, 1.54) is 40.8 Å². The van der Waals surface area contributed by atoms with E-state index in [9.17, 15) is 5.11 Å². The van der Waals surface area contributed by atoms with Crippen LogP contribution in [0.3, 0.4) is 0 Å². The molecule has 3 heteroatoms. The van der Waals surface area contributed by atoms with Crippen LogP contribution >= 0.6 is 0 Å². The predicted molar refractivity (Wildman–Crippen MR) is 93.2 cm³/mol. The Bertz CT molecular complexity index is 682. The molecular formula is C20H26N2O. The van der Waals surface area contributed by atoms with Gasteiger partial charge in [0, 0.05) is 12.7 Å². The van der Waals surface area contributed by atoms with Crippen LogP contribution in [0, 0.1) is 20.8 Å². The third-order valence-electron chi connectivity index (χ3n) is 5.20. The Balaban J connectivity index is 1.90. The van der Waals surface area contributed by atoms with Crippen molar-refractivity contribution in [1.82, 2.24) is 9.88 Å². The number of likely N-dealkylation sites (tertiary alicyclic amines) is 1. The Morgan fingerprint density at radius 1 is 1.17 bits per heavy atom. The summed E-state index contributed by atoms with van der Waals surface area (Å²) in [6.07, 6.45) is 4.28. The number of benzene rings is 1. The summed E-state index contributed by atoms with van der Waals surface area (Å²) in [5, 5.41) is 9.68. The molecule has 2 aromatic rings. The first-order chi connectivity index (χ1) is 11.1. The van der Waals surface area contributed by atoms with Gasteiger partial charge < -0.3 is 5.11 Å². The molecule has 1 fully saturated rings. The minimum absolute atomic E-state index is 0.120. The van der Waals surface area contributed by atoms with Gasteiger partial charge in [-0.05, 0) is 80.1 Å². The van der Waals surface area contributed by atoms with E-state index in [1.807, 2.05) is 12.3 Å². The predicted octanol–water partition coefficient (Wildman–Crippen LogP) is 3.84. The number of nitrogens with zero attached hydrogens (tertiary/aromatic N) is 2. The standard InChI is InChI=1S/C20H26N2O/c1-14-11-15(2)18(13-23)16(3)17(14)12-22-10-6-8-20(22)19-7-4-5-9-21-19/h4-5,7,9,11,20,23H,6,8,10,12-13H2,1-3H3/t20-/m0/s1. The lowest BCUT2D eigenvalue weighted by Gasteiger charge is -2.27. The highest BCUT2D eigenvalue weighted by atomic mass is 16.3. The molecule has 23 heavy (non-hydrogen) atoms. The van der Waals surface area contributed by atoms with Gasteiger partial charge in [0.05, 0.1) is 18.3 Å². The smallest absolute Gasteiger partial charge is 0.0687 e. The summed E-state index contributed by atoms with van der Waals surface area (Å²) in [5.41, 5.74) is 7.38. The number of aliphatic hydroxyl groups is 1. The number of hydrogen-bond donors (Lipinski definition) is 1. The molecule has 1 saturated heterocycles. The fourth-order valence-corrected chi connectivity index (χ4v) is 3.89. The molecule has 1 atom stereocenters. The van der Waals surface area contributed by atoms with Crippen LogP contribution < -0.4 is 0 Å². The lowest BCUT2D eigenvalue weighted by atomic mass is 9.93. The van der Waals surface area contributed by atoms with Crippen LogP contribution in [-0.4, -0.2) is 21.5 Å². The molecule has 1 aromatic heterocycles. The summed E-state index contributed by atoms with van der Waals surface area (Å²) in [6, 6.07) is 8.81. The Kier molecular flexibility index (Phi) is 4.79. The Morgan fingerprint density at radius 3 is 2.65 bits per heavy atom. The van der Waals surface area contributed by atoms with E-state index in [-0.39, 0.29) is 6.61 Å². The minimum atomic E-state index is 0.120. The molecule has 3 rings (SSSR count). The summed E-state index contributed by atoms with van der Waals surface area (Å²) in [6.45, 7) is 8.58. The molecular weight excluding hydrogens is 284 g/mol. The Morgan fingerprint density at radius 2 is 1.96 bits per heavy atom. The quantitative estimate of drug-likeness (QED) is 0.932. The number of aromatic nitrogens is 1. The van der Waals surface area contributed by atoms with E-state index in [0.29, 0.717) is 6.04 Å². The van der Waals surface area contributed by atoms with Gasteiger partial charge in [-0.3, -0.25) is 9.88 Å². The maximum absolute atomic E-state index is 9.68. The zero-order chi connectivity index (χ0) is 16.4. The van der Waals surface area contributed by atoms with E-state index < -0.39 is 0 Å². The number of aliphatic hydroxyl groups excluding tert-OH is 1. The van der Waals surface area contributed by atoms with Crippen molar-refractivity contribution in [2.45, 2.75) is 52.8 Å². The highest BCUT2D eigenvalue weighted by Crippen LogP contribution is 2.34. The van der Waals surface area contributed by atoms with E-state index in [0.717, 1.165) is 18.7 Å². The van der Waals surface area contributed by atoms with Gasteiger partial charge in [0.2, 0.25) is 0 Å². The maximum atomic E-state index is 9.68. The Labute approximate surface area is 139 Å². The van der Waals surface area contributed by atoms with Crippen LogP contribution in [0.1, 0.15) is 52.4 Å². The molecule has 0 radical (unpaired) electrons. The fourth-order valence-electron chi connectivity index (χ4n) is 3.89. The van der Waals surface area contributed by atoms with Crippen LogP contribution in [-0.2, 0) is 13.2 Å². The first kappa shape index (κ1) is 16.2. The number of aryl methyl sites for hydroxylation is 2. The molecule has 1 aliphatic rings. The second-order valence-electron chi connectivity index (χ2n) is 6.63. The second kappa shape index (κ2) is 6.81. The van der Waals surface area contributed by atoms with Crippen molar-refractivity contribution < 1.29 is 5.11 Å². The largest absolute Gasteiger partial charge is 0.392 e. The van der Waals surface area contributed by atoms with Gasteiger partial charge >= 0.3 is 0 Å². The zero-order valence-electron chi connectivity index (χ0n) is 14.3. The third-order valence-corrected chi connectivity index (χ3v) is 5.20. The van der Waals surface area contributed by atoms with Crippen molar-refractivity contribution in [1.29, 1.82) is 0 Å². The van der Waals surface area contributed by atoms with Gasteiger partial charge in [-0.25, -0.2) is 0 Å². The van der Waals surface area contributed by atoms with Crippen LogP contribution in [0.15, 0.2) is 30.5 Å². The molecule has 0 unspecified atom stereocenters. The first-order valence-corrected chi connectivity index (χ1v) is 8.46. The van der Waals surface area contributed by atoms with Crippen LogP contribution in [0.4, 0.5) is 0 Å². The van der Waals surface area contributed by atoms with Gasteiger partial charge in [0.15, 0.2) is 0 Å². The monoisotopic (exact) mass is 310 g/mol. The molecule has 3 nitrogen and oxygen atoms in total. The minimum Gasteiger partial charge on any atom is -0.392 e. The average molecular weight is 310 g/mol. The topological polar surface area (TPSA) is 36.4 Å². The summed E-state index contributed by atoms with van der Waals surface area (Å²) in [7, 11) is 0. The molecule has 1 aliphatic heterocycles. The van der Waals surface area contributed by atoms with Crippen molar-refractivity contribution >= 4 is 0 Å². The van der Waals surface area contributed by atoms with E-state index in [2.05, 4.69) is 48.9 Å². The molecule has 0 aliphatic carbocycles. The van der Waals surface area contributed by atoms with Crippen molar-refractivity contribution in [3.63, 3.8) is 0 Å². The number of hydrogen-bond acceptors (Lipinski definition) is 3. The molecule has 122 valence electrons. The van der Waals surface area contributed by atoms with Gasteiger partial charge in [-0.15, -0.1) is 0 Å². The van der Waals surface area contributed by atoms with Crippen LogP contribution in [0.25, 0.3) is 0 Å². The van der Waals surface area contributed by atoms with Gasteiger partial charge in [0.25, 0.3) is 0 Å². The average Bonchev–Trinajstić information content (AvgIpc) is 3.01. The van der Waals surface area contributed by atoms with Gasteiger partial charge in [0.1, 0.15) is 0 Å². The molecule has 0 bridgehead atoms. The lowest BCUT2D eigenvalue weighted by Crippen LogP contribution is -2.24. The lowest BCUT2D eigenvalue weighted by molar-refractivity contribution is 0.242. The summed E-state index contributed by atoms with van der Waals surface area (Å²) >= 11 is 0. The first-order valence-electron chi connectivity index (χ1n) is 8.46. The highest BCUT2D eigenvalue weighted by molar-refractivity contribution is 5.44. The molecule has 1 N–H and O–H groups in total. The van der Waals surface area contributed by atoms with Crippen LogP contribution in [0.2, 0.25) is 0 Å². The third kappa shape index (κ3) is 3.17. The summed E-state index contributed by atoms with van der Waals surface area (Å²) < 4.78 is 0. The molecule has 1 aromatic carbocycles. The van der Waals surface area contributed by atoms with Crippen molar-refractivity contribution in [2.24, 2.45) is 0 Å². The van der Waals surface area contributed by atoms with Gasteiger partial charge in [-0.1, -0.05) is 12.1 Å². The highest BCUT2D eigenvalue weighted by Gasteiger charge is 2.27. The molecule has 2 heterocycles. The van der Waals surface area contributed by atoms with Crippen molar-refractivity contribution in [3.05, 3.63) is 64.0 Å². The molecule has 0 spiro atoms. The molecule has 0 saturated carbocycles. The summed E-state index contributed by atoms with van der Waals surface area (Å²) in [4.78, 5) is 7.10. The van der Waals surface area contributed by atoms with E-state index >= 15 is 0 Å². The fraction of sp³-hybridized carbons (Fsp3) is 0.450. The second-order valence-corrected chi connectivity index (χ2v) is 6.63. The Hall–Kier alpha value is -1.71. The van der Waals surface area contributed by atoms with E-state index in [1.54, 1.807) is 0 Å².